The number of carbonyl (C=O) groups excluding carboxylic acids is 2. The Kier molecular flexibility index (Phi) is 8.16. The second-order valence-corrected chi connectivity index (χ2v) is 14.4. The van der Waals surface area contributed by atoms with Crippen molar-refractivity contribution in [2.24, 2.45) is 11.8 Å². The molecule has 0 amide bonds. The second kappa shape index (κ2) is 11.2. The molecule has 6 nitrogen and oxygen atoms in total. The van der Waals surface area contributed by atoms with Gasteiger partial charge in [-0.25, -0.2) is 0 Å². The molecule has 2 aliphatic heterocycles. The van der Waals surface area contributed by atoms with E-state index in [1.165, 1.54) is 5.57 Å². The van der Waals surface area contributed by atoms with Gasteiger partial charge in [0, 0.05) is 35.0 Å². The molecule has 6 rings (SSSR count). The number of Topliss-reactive ketones (excluding diaryl/α,β-unsaturated/α-hetero) is 2. The van der Waals surface area contributed by atoms with Gasteiger partial charge in [0.25, 0.3) is 0 Å². The largest absolute Gasteiger partial charge is 0.507 e. The Balaban J connectivity index is 1.71. The molecule has 2 heterocycles. The number of hydrogen-bond acceptors (Lipinski definition) is 6. The summed E-state index contributed by atoms with van der Waals surface area (Å²) < 4.78 is 13.8. The number of ether oxygens (including phenoxy) is 2. The van der Waals surface area contributed by atoms with Crippen molar-refractivity contribution in [1.29, 1.82) is 0 Å². The van der Waals surface area contributed by atoms with E-state index in [2.05, 4.69) is 19.9 Å². The van der Waals surface area contributed by atoms with E-state index < -0.39 is 22.7 Å². The first-order valence-electron chi connectivity index (χ1n) is 15.9. The number of phenols is 2. The van der Waals surface area contributed by atoms with Crippen LogP contribution in [0.15, 0.2) is 58.2 Å². The first-order valence-corrected chi connectivity index (χ1v) is 15.9. The number of benzene rings is 1. The Labute approximate surface area is 262 Å². The van der Waals surface area contributed by atoms with Gasteiger partial charge in [-0.05, 0) is 94.4 Å². The maximum absolute atomic E-state index is 14.7. The fourth-order valence-corrected chi connectivity index (χ4v) is 7.76. The zero-order chi connectivity index (χ0) is 32.4. The molecule has 4 atom stereocenters. The highest BCUT2D eigenvalue weighted by molar-refractivity contribution is 6.18. The molecule has 5 aliphatic rings. The molecule has 1 spiro atoms. The molecule has 2 fully saturated rings. The lowest BCUT2D eigenvalue weighted by molar-refractivity contribution is -0.171. The number of fused-ring (bicyclic) bond motifs is 1. The zero-order valence-electron chi connectivity index (χ0n) is 27.8. The summed E-state index contributed by atoms with van der Waals surface area (Å²) in [4.78, 5) is 28.8. The van der Waals surface area contributed by atoms with Gasteiger partial charge >= 0.3 is 0 Å². The minimum atomic E-state index is -1.39. The van der Waals surface area contributed by atoms with Crippen LogP contribution < -0.4 is 4.74 Å². The highest BCUT2D eigenvalue weighted by Crippen LogP contribution is 2.68. The number of carbonyl (C=O) groups is 2. The molecule has 2 N–H and O–H groups in total. The van der Waals surface area contributed by atoms with Gasteiger partial charge in [-0.3, -0.25) is 9.59 Å². The van der Waals surface area contributed by atoms with Crippen LogP contribution in [-0.2, 0) is 22.4 Å². The molecule has 1 aromatic carbocycles. The minimum absolute atomic E-state index is 0.0667. The van der Waals surface area contributed by atoms with E-state index in [1.54, 1.807) is 6.08 Å². The first kappa shape index (κ1) is 32.0. The number of phenolic OH excluding ortho intramolecular Hbond substituents is 2. The van der Waals surface area contributed by atoms with Crippen LogP contribution in [0.25, 0.3) is 0 Å². The number of aromatic hydroxyl groups is 2. The molecule has 1 saturated carbocycles. The summed E-state index contributed by atoms with van der Waals surface area (Å²) in [5.74, 6) is -1.33. The van der Waals surface area contributed by atoms with Crippen LogP contribution in [0.2, 0.25) is 0 Å². The SMILES string of the molecule is CC(C)=CCC/C(C)=C/Cc1c(O)c(CC=C(C)C)c2c(c1O)C(=O)C1=CC3CC4C(C)(C)OC(CC=C(C)C)(C3=O)[C@@]14O2. The predicted molar refractivity (Wildman–Crippen MR) is 173 cm³/mol. The minimum Gasteiger partial charge on any atom is -0.507 e. The summed E-state index contributed by atoms with van der Waals surface area (Å²) in [6.07, 6.45) is 13.1. The molecular formula is C38H48O6. The molecule has 3 aliphatic carbocycles. The third kappa shape index (κ3) is 4.81. The lowest BCUT2D eigenvalue weighted by Crippen LogP contribution is -2.72. The van der Waals surface area contributed by atoms with E-state index in [-0.39, 0.29) is 53.1 Å². The van der Waals surface area contributed by atoms with Crippen molar-refractivity contribution in [2.45, 2.75) is 118 Å². The molecular weight excluding hydrogens is 552 g/mol. The van der Waals surface area contributed by atoms with Crippen molar-refractivity contribution >= 4 is 11.6 Å². The maximum Gasteiger partial charge on any atom is 0.200 e. The Bertz CT molecular complexity index is 1570. The lowest BCUT2D eigenvalue weighted by atomic mass is 9.51. The number of ketones is 2. The Morgan fingerprint density at radius 1 is 0.886 bits per heavy atom. The molecule has 44 heavy (non-hydrogen) atoms. The van der Waals surface area contributed by atoms with Crippen molar-refractivity contribution in [3.63, 3.8) is 0 Å². The summed E-state index contributed by atoms with van der Waals surface area (Å²) in [5, 5.41) is 23.5. The number of allylic oxidation sites excluding steroid dienone is 8. The van der Waals surface area contributed by atoms with Gasteiger partial charge in [-0.15, -0.1) is 0 Å². The van der Waals surface area contributed by atoms with Gasteiger partial charge in [0.15, 0.2) is 22.8 Å². The highest BCUT2D eigenvalue weighted by atomic mass is 16.6. The van der Waals surface area contributed by atoms with Crippen molar-refractivity contribution in [3.05, 3.63) is 74.9 Å². The second-order valence-electron chi connectivity index (χ2n) is 14.4. The Hall–Kier alpha value is -3.38. The van der Waals surface area contributed by atoms with Gasteiger partial charge in [0.05, 0.1) is 5.60 Å². The van der Waals surface area contributed by atoms with Gasteiger partial charge in [0.2, 0.25) is 0 Å². The van der Waals surface area contributed by atoms with E-state index >= 15 is 0 Å². The highest BCUT2D eigenvalue weighted by Gasteiger charge is 2.81. The van der Waals surface area contributed by atoms with Crippen LogP contribution in [0.4, 0.5) is 0 Å². The topological polar surface area (TPSA) is 93.1 Å². The summed E-state index contributed by atoms with van der Waals surface area (Å²) in [5.41, 5.74) is 2.21. The third-order valence-electron chi connectivity index (χ3n) is 9.95. The molecule has 0 radical (unpaired) electrons. The van der Waals surface area contributed by atoms with Crippen LogP contribution in [0.1, 0.15) is 109 Å². The normalized spacial score (nSPS) is 27.7. The smallest absolute Gasteiger partial charge is 0.200 e. The van der Waals surface area contributed by atoms with Crippen LogP contribution in [0.5, 0.6) is 17.2 Å². The van der Waals surface area contributed by atoms with E-state index in [4.69, 9.17) is 9.47 Å². The molecule has 1 saturated heterocycles. The number of hydrogen-bond donors (Lipinski definition) is 2. The van der Waals surface area contributed by atoms with Crippen molar-refractivity contribution in [1.82, 2.24) is 0 Å². The van der Waals surface area contributed by atoms with E-state index in [0.717, 1.165) is 29.6 Å². The summed E-state index contributed by atoms with van der Waals surface area (Å²) in [7, 11) is 0. The average Bonchev–Trinajstić information content (AvgIpc) is 3.08. The van der Waals surface area contributed by atoms with Gasteiger partial charge in [0.1, 0.15) is 22.8 Å². The maximum atomic E-state index is 14.7. The van der Waals surface area contributed by atoms with Crippen LogP contribution in [0, 0.1) is 11.8 Å². The Morgan fingerprint density at radius 2 is 1.52 bits per heavy atom. The molecule has 0 aromatic heterocycles. The van der Waals surface area contributed by atoms with Crippen LogP contribution >= 0.6 is 0 Å². The summed E-state index contributed by atoms with van der Waals surface area (Å²) in [6.45, 7) is 18.0. The standard InChI is InChI=1S/C38H48O6/c1-21(2)11-10-12-24(7)14-16-26-31(39)27(15-13-22(3)4)34-30(32(26)40)33(41)28-19-25-20-29-36(8,9)44-37(35(25)42,18-17-23(5)6)38(28,29)43-34/h11,13-14,17,19,25,29,39-40H,10,12,15-16,18,20H2,1-9H3/b24-14+/t25?,29?,37?,38-/m1/s1. The van der Waals surface area contributed by atoms with Gasteiger partial charge in [-0.2, -0.15) is 0 Å². The zero-order valence-corrected chi connectivity index (χ0v) is 27.8. The van der Waals surface area contributed by atoms with E-state index in [1.807, 2.05) is 66.7 Å². The average molecular weight is 601 g/mol. The predicted octanol–water partition coefficient (Wildman–Crippen LogP) is 8.20. The Morgan fingerprint density at radius 3 is 2.16 bits per heavy atom. The monoisotopic (exact) mass is 600 g/mol. The fraction of sp³-hybridized carbons (Fsp3) is 0.526. The van der Waals surface area contributed by atoms with Gasteiger partial charge in [-0.1, -0.05) is 52.7 Å². The van der Waals surface area contributed by atoms with Gasteiger partial charge < -0.3 is 19.7 Å². The van der Waals surface area contributed by atoms with Crippen LogP contribution in [-0.4, -0.2) is 38.6 Å². The lowest BCUT2D eigenvalue weighted by Gasteiger charge is -2.56. The third-order valence-corrected chi connectivity index (χ3v) is 9.95. The fourth-order valence-electron chi connectivity index (χ4n) is 7.76. The summed E-state index contributed by atoms with van der Waals surface area (Å²) >= 11 is 0. The molecule has 6 heteroatoms. The molecule has 4 bridgehead atoms. The van der Waals surface area contributed by atoms with Crippen molar-refractivity contribution < 1.29 is 29.3 Å². The van der Waals surface area contributed by atoms with E-state index in [9.17, 15) is 19.8 Å². The number of rotatable bonds is 9. The van der Waals surface area contributed by atoms with Crippen molar-refractivity contribution in [3.8, 4) is 17.2 Å². The quantitative estimate of drug-likeness (QED) is 0.278. The molecule has 3 unspecified atom stereocenters. The summed E-state index contributed by atoms with van der Waals surface area (Å²) in [6, 6.07) is 0. The van der Waals surface area contributed by atoms with E-state index in [0.29, 0.717) is 29.5 Å². The first-order chi connectivity index (χ1) is 20.6. The van der Waals surface area contributed by atoms with Crippen LogP contribution in [0.3, 0.4) is 0 Å². The molecule has 1 aromatic rings. The molecule has 236 valence electrons. The van der Waals surface area contributed by atoms with Crippen molar-refractivity contribution in [2.75, 3.05) is 0 Å².